The molecule has 0 aromatic rings. The first kappa shape index (κ1) is 11.8. The van der Waals surface area contributed by atoms with Gasteiger partial charge in [-0.1, -0.05) is 13.2 Å². The third kappa shape index (κ3) is 5.96. The van der Waals surface area contributed by atoms with E-state index in [-0.39, 0.29) is 12.1 Å². The Balaban J connectivity index is 3.61. The van der Waals surface area contributed by atoms with Gasteiger partial charge >= 0.3 is 5.97 Å². The Hall–Kier alpha value is -1.25. The Labute approximate surface area is 79.0 Å². The number of carbonyl (C=O) groups is 1. The van der Waals surface area contributed by atoms with Crippen LogP contribution in [0.25, 0.3) is 0 Å². The second-order valence-corrected chi connectivity index (χ2v) is 2.82. The lowest BCUT2D eigenvalue weighted by Crippen LogP contribution is -2.16. The van der Waals surface area contributed by atoms with Gasteiger partial charge in [-0.25, -0.2) is 4.79 Å². The Bertz CT molecular complexity index is 196. The van der Waals surface area contributed by atoms with Crippen LogP contribution in [-0.4, -0.2) is 18.7 Å². The highest BCUT2D eigenvalue weighted by molar-refractivity contribution is 5.87. The Kier molecular flexibility index (Phi) is 5.68. The largest absolute Gasteiger partial charge is 0.502 e. The lowest BCUT2D eigenvalue weighted by molar-refractivity contribution is -0.143. The highest BCUT2D eigenvalue weighted by atomic mass is 16.5. The fraction of sp³-hybridized carbons (Fsp3) is 0.500. The minimum atomic E-state index is -0.355. The summed E-state index contributed by atoms with van der Waals surface area (Å²) in [6.07, 6.45) is 1.88. The van der Waals surface area contributed by atoms with Crippen LogP contribution in [0, 0.1) is 0 Å². The van der Waals surface area contributed by atoms with Crippen molar-refractivity contribution in [2.75, 3.05) is 6.61 Å². The molecule has 0 aliphatic rings. The van der Waals surface area contributed by atoms with Gasteiger partial charge in [0.15, 0.2) is 0 Å². The zero-order valence-electron chi connectivity index (χ0n) is 8.21. The van der Waals surface area contributed by atoms with E-state index in [0.717, 1.165) is 0 Å². The van der Waals surface area contributed by atoms with Gasteiger partial charge in [0.2, 0.25) is 0 Å². The van der Waals surface area contributed by atoms with Gasteiger partial charge in [0.25, 0.3) is 0 Å². The molecule has 3 heteroatoms. The van der Waals surface area contributed by atoms with Crippen molar-refractivity contribution in [2.45, 2.75) is 26.4 Å². The minimum absolute atomic E-state index is 0.149. The summed E-state index contributed by atoms with van der Waals surface area (Å²) in [5, 5.41) is 0. The average molecular weight is 184 g/mol. The monoisotopic (exact) mass is 184 g/mol. The standard InChI is InChI=1S/C10H16O3/c1-5-12-7-6-9(4)13-10(11)8(2)3/h5,9H,1-2,6-7H2,3-4H3. The molecule has 0 aromatic carbocycles. The number of ether oxygens (including phenoxy) is 2. The van der Waals surface area contributed by atoms with Crippen LogP contribution in [0.2, 0.25) is 0 Å². The summed E-state index contributed by atoms with van der Waals surface area (Å²) in [6.45, 7) is 10.8. The van der Waals surface area contributed by atoms with E-state index < -0.39 is 0 Å². The van der Waals surface area contributed by atoms with E-state index >= 15 is 0 Å². The van der Waals surface area contributed by atoms with E-state index in [0.29, 0.717) is 18.6 Å². The molecule has 0 bridgehead atoms. The maximum absolute atomic E-state index is 11.0. The zero-order chi connectivity index (χ0) is 10.3. The predicted octanol–water partition coefficient (Wildman–Crippen LogP) is 2.04. The number of hydrogen-bond acceptors (Lipinski definition) is 3. The highest BCUT2D eigenvalue weighted by Crippen LogP contribution is 2.02. The molecule has 0 saturated heterocycles. The molecular weight excluding hydrogens is 168 g/mol. The van der Waals surface area contributed by atoms with Crippen molar-refractivity contribution in [1.29, 1.82) is 0 Å². The molecule has 1 unspecified atom stereocenters. The van der Waals surface area contributed by atoms with Crippen LogP contribution in [0.15, 0.2) is 25.0 Å². The topological polar surface area (TPSA) is 35.5 Å². The normalized spacial score (nSPS) is 11.5. The summed E-state index contributed by atoms with van der Waals surface area (Å²) in [4.78, 5) is 11.0. The Morgan fingerprint density at radius 3 is 2.69 bits per heavy atom. The quantitative estimate of drug-likeness (QED) is 0.274. The summed E-state index contributed by atoms with van der Waals surface area (Å²) < 4.78 is 9.90. The molecule has 74 valence electrons. The number of carbonyl (C=O) groups excluding carboxylic acids is 1. The maximum Gasteiger partial charge on any atom is 0.333 e. The molecule has 1 atom stereocenters. The van der Waals surface area contributed by atoms with Crippen LogP contribution >= 0.6 is 0 Å². The van der Waals surface area contributed by atoms with Crippen LogP contribution in [0.1, 0.15) is 20.3 Å². The summed E-state index contributed by atoms with van der Waals surface area (Å²) in [6, 6.07) is 0. The zero-order valence-corrected chi connectivity index (χ0v) is 8.21. The lowest BCUT2D eigenvalue weighted by atomic mass is 10.3. The first-order chi connectivity index (χ1) is 6.07. The molecule has 0 fully saturated rings. The van der Waals surface area contributed by atoms with Crippen molar-refractivity contribution in [3.05, 3.63) is 25.0 Å². The Morgan fingerprint density at radius 1 is 1.62 bits per heavy atom. The van der Waals surface area contributed by atoms with Crippen molar-refractivity contribution in [3.8, 4) is 0 Å². The van der Waals surface area contributed by atoms with Gasteiger partial charge in [-0.05, 0) is 13.8 Å². The van der Waals surface area contributed by atoms with Gasteiger partial charge in [-0.3, -0.25) is 0 Å². The van der Waals surface area contributed by atoms with Gasteiger partial charge < -0.3 is 9.47 Å². The fourth-order valence-electron chi connectivity index (χ4n) is 0.660. The number of hydrogen-bond donors (Lipinski definition) is 0. The van der Waals surface area contributed by atoms with E-state index in [2.05, 4.69) is 13.2 Å². The van der Waals surface area contributed by atoms with E-state index in [9.17, 15) is 4.79 Å². The van der Waals surface area contributed by atoms with Crippen LogP contribution in [0.3, 0.4) is 0 Å². The molecule has 0 saturated carbocycles. The minimum Gasteiger partial charge on any atom is -0.502 e. The Morgan fingerprint density at radius 2 is 2.23 bits per heavy atom. The van der Waals surface area contributed by atoms with Gasteiger partial charge in [-0.2, -0.15) is 0 Å². The SMILES string of the molecule is C=COCCC(C)OC(=O)C(=C)C. The molecule has 3 nitrogen and oxygen atoms in total. The molecule has 0 heterocycles. The summed E-state index contributed by atoms with van der Waals surface area (Å²) in [5.41, 5.74) is 0.413. The molecule has 13 heavy (non-hydrogen) atoms. The van der Waals surface area contributed by atoms with Crippen molar-refractivity contribution in [3.63, 3.8) is 0 Å². The molecule has 0 amide bonds. The van der Waals surface area contributed by atoms with Gasteiger partial charge in [-0.15, -0.1) is 0 Å². The third-order valence-corrected chi connectivity index (χ3v) is 1.42. The molecule has 0 N–H and O–H groups in total. The number of rotatable bonds is 6. The second kappa shape index (κ2) is 6.29. The smallest absolute Gasteiger partial charge is 0.333 e. The first-order valence-corrected chi connectivity index (χ1v) is 4.17. The predicted molar refractivity (Wildman–Crippen MR) is 51.1 cm³/mol. The molecule has 0 radical (unpaired) electrons. The van der Waals surface area contributed by atoms with Crippen LogP contribution < -0.4 is 0 Å². The molecule has 0 aliphatic heterocycles. The van der Waals surface area contributed by atoms with Crippen LogP contribution in [-0.2, 0) is 14.3 Å². The molecule has 0 aromatic heterocycles. The fourth-order valence-corrected chi connectivity index (χ4v) is 0.660. The highest BCUT2D eigenvalue weighted by Gasteiger charge is 2.09. The number of esters is 1. The molecule has 0 rings (SSSR count). The lowest BCUT2D eigenvalue weighted by Gasteiger charge is -2.12. The average Bonchev–Trinajstić information content (AvgIpc) is 2.04. The van der Waals surface area contributed by atoms with Crippen molar-refractivity contribution >= 4 is 5.97 Å². The van der Waals surface area contributed by atoms with Crippen molar-refractivity contribution < 1.29 is 14.3 Å². The van der Waals surface area contributed by atoms with E-state index in [1.54, 1.807) is 6.92 Å². The van der Waals surface area contributed by atoms with Crippen LogP contribution in [0.4, 0.5) is 0 Å². The molecular formula is C10H16O3. The van der Waals surface area contributed by atoms with Crippen molar-refractivity contribution in [1.82, 2.24) is 0 Å². The summed E-state index contributed by atoms with van der Waals surface area (Å²) in [5.74, 6) is -0.355. The van der Waals surface area contributed by atoms with Gasteiger partial charge in [0.05, 0.1) is 12.9 Å². The van der Waals surface area contributed by atoms with E-state index in [1.165, 1.54) is 6.26 Å². The van der Waals surface area contributed by atoms with E-state index in [4.69, 9.17) is 9.47 Å². The molecule has 0 spiro atoms. The van der Waals surface area contributed by atoms with Crippen LogP contribution in [0.5, 0.6) is 0 Å². The molecule has 0 aliphatic carbocycles. The van der Waals surface area contributed by atoms with Gasteiger partial charge in [0, 0.05) is 12.0 Å². The summed E-state index contributed by atoms with van der Waals surface area (Å²) in [7, 11) is 0. The van der Waals surface area contributed by atoms with Gasteiger partial charge in [0.1, 0.15) is 6.10 Å². The first-order valence-electron chi connectivity index (χ1n) is 4.17. The third-order valence-electron chi connectivity index (χ3n) is 1.42. The van der Waals surface area contributed by atoms with Crippen molar-refractivity contribution in [2.24, 2.45) is 0 Å². The van der Waals surface area contributed by atoms with E-state index in [1.807, 2.05) is 6.92 Å². The maximum atomic E-state index is 11.0. The summed E-state index contributed by atoms with van der Waals surface area (Å²) >= 11 is 0. The second-order valence-electron chi connectivity index (χ2n) is 2.82.